The Morgan fingerprint density at radius 1 is 1.29 bits per heavy atom. The van der Waals surface area contributed by atoms with Gasteiger partial charge in [-0.05, 0) is 49.8 Å². The quantitative estimate of drug-likeness (QED) is 0.782. The van der Waals surface area contributed by atoms with E-state index in [1.165, 1.54) is 20.0 Å². The van der Waals surface area contributed by atoms with Crippen LogP contribution >= 0.6 is 0 Å². The molecule has 1 heterocycles. The lowest BCUT2D eigenvalue weighted by Gasteiger charge is -2.05. The summed E-state index contributed by atoms with van der Waals surface area (Å²) in [5, 5.41) is 0.803. The molecule has 2 aliphatic rings. The predicted octanol–water partition coefficient (Wildman–Crippen LogP) is 3.89. The fourth-order valence-corrected chi connectivity index (χ4v) is 2.63. The molecule has 4 nitrogen and oxygen atoms in total. The third-order valence-electron chi connectivity index (χ3n) is 4.21. The van der Waals surface area contributed by atoms with Crippen molar-refractivity contribution in [1.82, 2.24) is 0 Å². The lowest BCUT2D eigenvalue weighted by molar-refractivity contribution is 0.0600. The van der Waals surface area contributed by atoms with Crippen molar-refractivity contribution in [1.29, 1.82) is 0 Å². The third kappa shape index (κ3) is 2.39. The molecule has 2 aliphatic carbocycles. The van der Waals surface area contributed by atoms with E-state index in [1.54, 1.807) is 0 Å². The molecule has 4 rings (SSSR count). The summed E-state index contributed by atoms with van der Waals surface area (Å²) in [7, 11) is 1.41. The maximum Gasteiger partial charge on any atom is 0.342 e. The number of hydrogen-bond acceptors (Lipinski definition) is 4. The minimum atomic E-state index is -0.324. The molecule has 0 N–H and O–H groups in total. The zero-order valence-corrected chi connectivity index (χ0v) is 12.1. The van der Waals surface area contributed by atoms with Crippen molar-refractivity contribution >= 4 is 16.9 Å². The number of furan rings is 1. The highest BCUT2D eigenvalue weighted by atomic mass is 16.5. The Hall–Kier alpha value is -1.97. The summed E-state index contributed by atoms with van der Waals surface area (Å²) in [5.74, 6) is 2.31. The van der Waals surface area contributed by atoms with Crippen molar-refractivity contribution in [2.45, 2.75) is 31.6 Å². The van der Waals surface area contributed by atoms with Gasteiger partial charge in [-0.2, -0.15) is 0 Å². The largest absolute Gasteiger partial charge is 0.493 e. The minimum Gasteiger partial charge on any atom is -0.493 e. The van der Waals surface area contributed by atoms with Crippen LogP contribution in [0.25, 0.3) is 11.0 Å². The summed E-state index contributed by atoms with van der Waals surface area (Å²) < 4.78 is 16.6. The SMILES string of the molecule is COC(=O)c1c(C2CC2)oc2ccc(OCC3CC3)cc12. The molecule has 2 fully saturated rings. The van der Waals surface area contributed by atoms with E-state index in [9.17, 15) is 4.79 Å². The number of benzene rings is 1. The number of fused-ring (bicyclic) bond motifs is 1. The summed E-state index contributed by atoms with van der Waals surface area (Å²) in [6.07, 6.45) is 4.67. The van der Waals surface area contributed by atoms with Crippen LogP contribution in [0.1, 0.15) is 47.7 Å². The number of rotatable bonds is 5. The molecule has 0 radical (unpaired) electrons. The van der Waals surface area contributed by atoms with Crippen LogP contribution in [0.4, 0.5) is 0 Å². The third-order valence-corrected chi connectivity index (χ3v) is 4.21. The Morgan fingerprint density at radius 3 is 2.76 bits per heavy atom. The van der Waals surface area contributed by atoms with E-state index in [2.05, 4.69) is 0 Å². The summed E-state index contributed by atoms with van der Waals surface area (Å²) in [4.78, 5) is 12.1. The van der Waals surface area contributed by atoms with Gasteiger partial charge in [-0.15, -0.1) is 0 Å². The van der Waals surface area contributed by atoms with Gasteiger partial charge in [0.2, 0.25) is 0 Å². The second-order valence-electron chi connectivity index (χ2n) is 6.02. The minimum absolute atomic E-state index is 0.324. The Balaban J connectivity index is 1.74. The highest BCUT2D eigenvalue weighted by molar-refractivity contribution is 6.05. The Kier molecular flexibility index (Phi) is 2.91. The zero-order chi connectivity index (χ0) is 14.4. The lowest BCUT2D eigenvalue weighted by atomic mass is 10.1. The summed E-state index contributed by atoms with van der Waals surface area (Å²) >= 11 is 0. The molecule has 0 unspecified atom stereocenters. The molecule has 2 saturated carbocycles. The van der Waals surface area contributed by atoms with Crippen LogP contribution in [-0.2, 0) is 4.74 Å². The van der Waals surface area contributed by atoms with Crippen molar-refractivity contribution in [3.63, 3.8) is 0 Å². The number of esters is 1. The topological polar surface area (TPSA) is 48.7 Å². The normalized spacial score (nSPS) is 18.0. The molecule has 0 atom stereocenters. The standard InChI is InChI=1S/C17H18O4/c1-19-17(18)15-13-8-12(20-9-10-2-3-10)6-7-14(13)21-16(15)11-4-5-11/h6-8,10-11H,2-5,9H2,1H3. The van der Waals surface area contributed by atoms with Gasteiger partial charge in [0.15, 0.2) is 0 Å². The van der Waals surface area contributed by atoms with Gasteiger partial charge in [0.05, 0.1) is 13.7 Å². The highest BCUT2D eigenvalue weighted by Crippen LogP contribution is 2.45. The van der Waals surface area contributed by atoms with Crippen LogP contribution in [0.2, 0.25) is 0 Å². The van der Waals surface area contributed by atoms with Crippen molar-refractivity contribution in [3.8, 4) is 5.75 Å². The van der Waals surface area contributed by atoms with Gasteiger partial charge in [0.25, 0.3) is 0 Å². The average Bonchev–Trinajstić information content (AvgIpc) is 3.40. The monoisotopic (exact) mass is 286 g/mol. The van der Waals surface area contributed by atoms with Crippen LogP contribution in [0, 0.1) is 5.92 Å². The van der Waals surface area contributed by atoms with Crippen molar-refractivity contribution in [2.75, 3.05) is 13.7 Å². The number of carbonyl (C=O) groups excluding carboxylic acids is 1. The number of hydrogen-bond donors (Lipinski definition) is 0. The molecule has 0 saturated heterocycles. The summed E-state index contributed by atoms with van der Waals surface area (Å²) in [5.41, 5.74) is 1.31. The first-order valence-corrected chi connectivity index (χ1v) is 7.54. The fourth-order valence-electron chi connectivity index (χ4n) is 2.63. The first-order valence-electron chi connectivity index (χ1n) is 7.54. The Bertz CT molecular complexity index is 692. The molecule has 1 aromatic heterocycles. The molecule has 110 valence electrons. The Morgan fingerprint density at radius 2 is 2.10 bits per heavy atom. The van der Waals surface area contributed by atoms with Crippen molar-refractivity contribution in [2.24, 2.45) is 5.92 Å². The first-order chi connectivity index (χ1) is 10.3. The Labute approximate surface area is 123 Å². The lowest BCUT2D eigenvalue weighted by Crippen LogP contribution is -2.03. The van der Waals surface area contributed by atoms with E-state index >= 15 is 0 Å². The van der Waals surface area contributed by atoms with Gasteiger partial charge in [-0.1, -0.05) is 0 Å². The summed E-state index contributed by atoms with van der Waals surface area (Å²) in [6, 6.07) is 5.70. The van der Waals surface area contributed by atoms with Crippen LogP contribution in [-0.4, -0.2) is 19.7 Å². The molecule has 0 amide bonds. The van der Waals surface area contributed by atoms with E-state index in [0.29, 0.717) is 17.4 Å². The van der Waals surface area contributed by atoms with E-state index in [-0.39, 0.29) is 5.97 Å². The predicted molar refractivity (Wildman–Crippen MR) is 77.7 cm³/mol. The molecule has 0 spiro atoms. The number of methoxy groups -OCH3 is 1. The van der Waals surface area contributed by atoms with E-state index in [0.717, 1.165) is 41.9 Å². The van der Waals surface area contributed by atoms with E-state index in [4.69, 9.17) is 13.9 Å². The maximum atomic E-state index is 12.1. The van der Waals surface area contributed by atoms with Crippen LogP contribution in [0.15, 0.2) is 22.6 Å². The first kappa shape index (κ1) is 12.7. The van der Waals surface area contributed by atoms with E-state index < -0.39 is 0 Å². The zero-order valence-electron chi connectivity index (χ0n) is 12.1. The molecule has 21 heavy (non-hydrogen) atoms. The fraction of sp³-hybridized carbons (Fsp3) is 0.471. The van der Waals surface area contributed by atoms with Gasteiger partial charge in [0.1, 0.15) is 22.7 Å². The molecule has 4 heteroatoms. The second kappa shape index (κ2) is 4.79. The molecule has 0 aliphatic heterocycles. The van der Waals surface area contributed by atoms with Gasteiger partial charge in [0, 0.05) is 11.3 Å². The van der Waals surface area contributed by atoms with Crippen LogP contribution in [0.5, 0.6) is 5.75 Å². The maximum absolute atomic E-state index is 12.1. The molecule has 2 aromatic rings. The van der Waals surface area contributed by atoms with Gasteiger partial charge >= 0.3 is 5.97 Å². The average molecular weight is 286 g/mol. The number of ether oxygens (including phenoxy) is 2. The van der Waals surface area contributed by atoms with Crippen LogP contribution in [0.3, 0.4) is 0 Å². The van der Waals surface area contributed by atoms with Gasteiger partial charge in [-0.3, -0.25) is 0 Å². The highest BCUT2D eigenvalue weighted by Gasteiger charge is 2.34. The molecular formula is C17H18O4. The summed E-state index contributed by atoms with van der Waals surface area (Å²) in [6.45, 7) is 0.756. The van der Waals surface area contributed by atoms with Gasteiger partial charge < -0.3 is 13.9 Å². The van der Waals surface area contributed by atoms with Crippen molar-refractivity contribution in [3.05, 3.63) is 29.5 Å². The van der Waals surface area contributed by atoms with Crippen molar-refractivity contribution < 1.29 is 18.7 Å². The van der Waals surface area contributed by atoms with E-state index in [1.807, 2.05) is 18.2 Å². The smallest absolute Gasteiger partial charge is 0.342 e. The number of carbonyl (C=O) groups is 1. The second-order valence-corrected chi connectivity index (χ2v) is 6.02. The molecule has 0 bridgehead atoms. The molecular weight excluding hydrogens is 268 g/mol. The van der Waals surface area contributed by atoms with Crippen LogP contribution < -0.4 is 4.74 Å². The molecule has 1 aromatic carbocycles. The van der Waals surface area contributed by atoms with Gasteiger partial charge in [-0.25, -0.2) is 4.79 Å².